The minimum atomic E-state index is -0.709. The lowest BCUT2D eigenvalue weighted by Crippen LogP contribution is -2.33. The summed E-state index contributed by atoms with van der Waals surface area (Å²) in [5.41, 5.74) is 2.62. The molecule has 0 aromatic heterocycles. The van der Waals surface area contributed by atoms with Gasteiger partial charge in [0.05, 0.1) is 0 Å². The fraction of sp³-hybridized carbons (Fsp3) is 0.222. The molecule has 3 heteroatoms. The van der Waals surface area contributed by atoms with E-state index in [0.717, 1.165) is 5.56 Å². The molecule has 0 heterocycles. The van der Waals surface area contributed by atoms with Crippen LogP contribution < -0.4 is 0 Å². The summed E-state index contributed by atoms with van der Waals surface area (Å²) in [6.45, 7) is 0. The number of hydrogen-bond acceptors (Lipinski definition) is 3. The Morgan fingerprint density at radius 3 is 2.14 bits per heavy atom. The van der Waals surface area contributed by atoms with Gasteiger partial charge in [-0.3, -0.25) is 9.59 Å². The number of carbonyl (C=O) groups excluding carboxylic acids is 2. The van der Waals surface area contributed by atoms with Crippen LogP contribution in [-0.2, 0) is 32.8 Å². The summed E-state index contributed by atoms with van der Waals surface area (Å²) in [6.07, 6.45) is 2.55. The lowest BCUT2D eigenvalue weighted by molar-refractivity contribution is -0.158. The molecule has 105 valence electrons. The fourth-order valence-corrected chi connectivity index (χ4v) is 2.97. The minimum Gasteiger partial charge on any atom is -0.453 e. The molecule has 0 saturated heterocycles. The number of fused-ring (bicyclic) bond motifs is 1. The van der Waals surface area contributed by atoms with Crippen LogP contribution in [0.1, 0.15) is 23.1 Å². The molecule has 0 aliphatic heterocycles. The SMILES string of the molecule is O=[C]CC(=O)OC1(c2ccccc2)Cc2ccccc2C1. The third kappa shape index (κ3) is 2.59. The first-order valence-corrected chi connectivity index (χ1v) is 6.93. The standard InChI is InChI=1S/C18H15O3/c19-11-10-17(20)21-18(16-8-2-1-3-9-16)12-14-6-4-5-7-15(14)13-18/h1-9H,10,12-13H2. The van der Waals surface area contributed by atoms with E-state index in [1.807, 2.05) is 42.5 Å². The zero-order valence-electron chi connectivity index (χ0n) is 11.5. The molecule has 2 aromatic carbocycles. The van der Waals surface area contributed by atoms with Crippen molar-refractivity contribution in [1.29, 1.82) is 0 Å². The van der Waals surface area contributed by atoms with E-state index in [1.54, 1.807) is 6.29 Å². The van der Waals surface area contributed by atoms with Crippen LogP contribution in [0.2, 0.25) is 0 Å². The van der Waals surface area contributed by atoms with Gasteiger partial charge in [0.2, 0.25) is 6.29 Å². The summed E-state index contributed by atoms with van der Waals surface area (Å²) in [4.78, 5) is 22.3. The second-order valence-electron chi connectivity index (χ2n) is 5.28. The molecule has 1 aliphatic carbocycles. The zero-order valence-corrected chi connectivity index (χ0v) is 11.5. The molecular weight excluding hydrogens is 264 g/mol. The molecule has 0 bridgehead atoms. The van der Waals surface area contributed by atoms with Gasteiger partial charge in [0, 0.05) is 12.8 Å². The summed E-state index contributed by atoms with van der Waals surface area (Å²) >= 11 is 0. The Hall–Kier alpha value is -2.42. The molecule has 1 aliphatic rings. The van der Waals surface area contributed by atoms with Gasteiger partial charge >= 0.3 is 5.97 Å². The minimum absolute atomic E-state index is 0.328. The first kappa shape index (κ1) is 13.6. The second-order valence-corrected chi connectivity index (χ2v) is 5.28. The van der Waals surface area contributed by atoms with Crippen LogP contribution >= 0.6 is 0 Å². The van der Waals surface area contributed by atoms with Crippen molar-refractivity contribution in [2.45, 2.75) is 24.9 Å². The maximum atomic E-state index is 11.8. The number of hydrogen-bond donors (Lipinski definition) is 0. The van der Waals surface area contributed by atoms with Crippen LogP contribution in [0.3, 0.4) is 0 Å². The lowest BCUT2D eigenvalue weighted by Gasteiger charge is -2.29. The Balaban J connectivity index is 1.98. The topological polar surface area (TPSA) is 43.4 Å². The Morgan fingerprint density at radius 2 is 1.57 bits per heavy atom. The summed E-state index contributed by atoms with van der Waals surface area (Å²) in [6, 6.07) is 17.8. The van der Waals surface area contributed by atoms with Gasteiger partial charge in [-0.15, -0.1) is 0 Å². The van der Waals surface area contributed by atoms with E-state index < -0.39 is 11.6 Å². The molecule has 0 atom stereocenters. The lowest BCUT2D eigenvalue weighted by atomic mass is 9.90. The molecule has 0 fully saturated rings. The van der Waals surface area contributed by atoms with Crippen molar-refractivity contribution < 1.29 is 14.3 Å². The molecule has 0 amide bonds. The molecule has 0 spiro atoms. The smallest absolute Gasteiger partial charge is 0.314 e. The van der Waals surface area contributed by atoms with Gasteiger partial charge in [0.25, 0.3) is 0 Å². The highest BCUT2D eigenvalue weighted by atomic mass is 16.6. The summed E-state index contributed by atoms with van der Waals surface area (Å²) < 4.78 is 5.71. The average Bonchev–Trinajstić information content (AvgIpc) is 2.87. The monoisotopic (exact) mass is 279 g/mol. The summed E-state index contributed by atoms with van der Waals surface area (Å²) in [5, 5.41) is 0. The van der Waals surface area contributed by atoms with Crippen molar-refractivity contribution in [2.75, 3.05) is 0 Å². The van der Waals surface area contributed by atoms with Gasteiger partial charge in [-0.1, -0.05) is 54.6 Å². The van der Waals surface area contributed by atoms with Crippen LogP contribution in [0.4, 0.5) is 0 Å². The molecule has 3 rings (SSSR count). The predicted molar refractivity (Wildman–Crippen MR) is 78.4 cm³/mol. The van der Waals surface area contributed by atoms with Gasteiger partial charge in [-0.2, -0.15) is 0 Å². The van der Waals surface area contributed by atoms with Crippen LogP contribution in [0.25, 0.3) is 0 Å². The van der Waals surface area contributed by atoms with Gasteiger partial charge in [-0.25, -0.2) is 0 Å². The van der Waals surface area contributed by atoms with Crippen LogP contribution in [0.15, 0.2) is 54.6 Å². The van der Waals surface area contributed by atoms with Gasteiger partial charge < -0.3 is 4.74 Å². The highest BCUT2D eigenvalue weighted by molar-refractivity contribution is 5.84. The van der Waals surface area contributed by atoms with E-state index >= 15 is 0 Å². The first-order valence-electron chi connectivity index (χ1n) is 6.93. The summed E-state index contributed by atoms with van der Waals surface area (Å²) in [7, 11) is 0. The summed E-state index contributed by atoms with van der Waals surface area (Å²) in [5.74, 6) is -0.526. The van der Waals surface area contributed by atoms with E-state index in [0.29, 0.717) is 12.8 Å². The largest absolute Gasteiger partial charge is 0.453 e. The van der Waals surface area contributed by atoms with Crippen LogP contribution in [0.5, 0.6) is 0 Å². The number of ether oxygens (including phenoxy) is 1. The van der Waals surface area contributed by atoms with Crippen LogP contribution in [-0.4, -0.2) is 12.3 Å². The van der Waals surface area contributed by atoms with E-state index in [4.69, 9.17) is 4.74 Å². The number of rotatable bonds is 4. The fourth-order valence-electron chi connectivity index (χ4n) is 2.97. The third-order valence-electron chi connectivity index (χ3n) is 3.90. The molecule has 0 unspecified atom stereocenters. The van der Waals surface area contributed by atoms with Crippen molar-refractivity contribution in [2.24, 2.45) is 0 Å². The number of carbonyl (C=O) groups is 1. The number of benzene rings is 2. The second kappa shape index (κ2) is 5.52. The van der Waals surface area contributed by atoms with E-state index in [2.05, 4.69) is 12.1 Å². The highest BCUT2D eigenvalue weighted by Gasteiger charge is 2.42. The molecule has 21 heavy (non-hydrogen) atoms. The van der Waals surface area contributed by atoms with Crippen LogP contribution in [0, 0.1) is 0 Å². The molecule has 1 radical (unpaired) electrons. The van der Waals surface area contributed by atoms with Crippen molar-refractivity contribution in [3.8, 4) is 0 Å². The zero-order chi connectivity index (χ0) is 14.7. The quantitative estimate of drug-likeness (QED) is 0.638. The molecule has 0 N–H and O–H groups in total. The Morgan fingerprint density at radius 1 is 1.00 bits per heavy atom. The van der Waals surface area contributed by atoms with E-state index in [9.17, 15) is 9.59 Å². The normalized spacial score (nSPS) is 15.2. The van der Waals surface area contributed by atoms with E-state index in [-0.39, 0.29) is 6.42 Å². The van der Waals surface area contributed by atoms with Crippen molar-refractivity contribution in [3.63, 3.8) is 0 Å². The van der Waals surface area contributed by atoms with Gasteiger partial charge in [0.15, 0.2) is 0 Å². The van der Waals surface area contributed by atoms with Crippen molar-refractivity contribution >= 4 is 12.3 Å². The van der Waals surface area contributed by atoms with Crippen molar-refractivity contribution in [1.82, 2.24) is 0 Å². The first-order chi connectivity index (χ1) is 10.2. The van der Waals surface area contributed by atoms with Crippen molar-refractivity contribution in [3.05, 3.63) is 71.3 Å². The maximum Gasteiger partial charge on any atom is 0.314 e. The Kier molecular flexibility index (Phi) is 3.57. The molecule has 2 aromatic rings. The number of esters is 1. The third-order valence-corrected chi connectivity index (χ3v) is 3.90. The molecule has 0 saturated carbocycles. The van der Waals surface area contributed by atoms with Gasteiger partial charge in [0.1, 0.15) is 12.0 Å². The average molecular weight is 279 g/mol. The van der Waals surface area contributed by atoms with E-state index in [1.165, 1.54) is 11.1 Å². The Bertz CT molecular complexity index is 636. The molecule has 3 nitrogen and oxygen atoms in total. The predicted octanol–water partition coefficient (Wildman–Crippen LogP) is 2.72. The highest BCUT2D eigenvalue weighted by Crippen LogP contribution is 2.41. The Labute approximate surface area is 123 Å². The maximum absolute atomic E-state index is 11.8. The molecular formula is C18H15O3. The van der Waals surface area contributed by atoms with Gasteiger partial charge in [-0.05, 0) is 16.7 Å².